The molecule has 0 aliphatic rings. The third-order valence-corrected chi connectivity index (χ3v) is 5.27. The van der Waals surface area contributed by atoms with E-state index in [2.05, 4.69) is 5.32 Å². The van der Waals surface area contributed by atoms with Crippen LogP contribution in [0.5, 0.6) is 0 Å². The van der Waals surface area contributed by atoms with Gasteiger partial charge >= 0.3 is 0 Å². The lowest BCUT2D eigenvalue weighted by molar-refractivity contribution is -0.894. The van der Waals surface area contributed by atoms with Gasteiger partial charge in [-0.2, -0.15) is 0 Å². The van der Waals surface area contributed by atoms with Gasteiger partial charge in [-0.05, 0) is 44.9 Å². The van der Waals surface area contributed by atoms with Crippen LogP contribution in [-0.4, -0.2) is 43.4 Å². The first-order valence-corrected chi connectivity index (χ1v) is 9.91. The zero-order chi connectivity index (χ0) is 20.7. The highest BCUT2D eigenvalue weighted by molar-refractivity contribution is 5.92. The first kappa shape index (κ1) is 21.6. The molecule has 2 aromatic rings. The van der Waals surface area contributed by atoms with Gasteiger partial charge < -0.3 is 15.1 Å². The van der Waals surface area contributed by atoms with Crippen LogP contribution in [0.3, 0.4) is 0 Å². The molecule has 2 amide bonds. The molecule has 2 aromatic carbocycles. The molecule has 0 aliphatic heterocycles. The SMILES string of the molecule is CCN(CC)C(=O)[C@H](c1ccccc1)[NH+](C)CC(=O)Nc1cccc(C)c1C. The Morgan fingerprint density at radius 2 is 1.64 bits per heavy atom. The quantitative estimate of drug-likeness (QED) is 0.736. The second-order valence-electron chi connectivity index (χ2n) is 7.17. The predicted octanol–water partition coefficient (Wildman–Crippen LogP) is 2.37. The molecule has 5 heteroatoms. The number of rotatable bonds is 8. The van der Waals surface area contributed by atoms with E-state index in [9.17, 15) is 9.59 Å². The van der Waals surface area contributed by atoms with Crippen molar-refractivity contribution < 1.29 is 14.5 Å². The fourth-order valence-electron chi connectivity index (χ4n) is 3.44. The van der Waals surface area contributed by atoms with Gasteiger partial charge in [-0.1, -0.05) is 42.5 Å². The number of likely N-dealkylation sites (N-methyl/N-ethyl adjacent to an activating group) is 2. The Kier molecular flexibility index (Phi) is 7.76. The van der Waals surface area contributed by atoms with Crippen LogP contribution in [0.2, 0.25) is 0 Å². The average molecular weight is 383 g/mol. The van der Waals surface area contributed by atoms with Gasteiger partial charge in [0.25, 0.3) is 11.8 Å². The number of hydrogen-bond acceptors (Lipinski definition) is 2. The summed E-state index contributed by atoms with van der Waals surface area (Å²) >= 11 is 0. The van der Waals surface area contributed by atoms with Crippen molar-refractivity contribution in [3.05, 3.63) is 65.2 Å². The van der Waals surface area contributed by atoms with E-state index < -0.39 is 6.04 Å². The summed E-state index contributed by atoms with van der Waals surface area (Å²) in [6.07, 6.45) is 0. The molecule has 2 N–H and O–H groups in total. The first-order chi connectivity index (χ1) is 13.4. The molecule has 0 heterocycles. The van der Waals surface area contributed by atoms with E-state index in [1.165, 1.54) is 0 Å². The van der Waals surface area contributed by atoms with Gasteiger partial charge in [-0.15, -0.1) is 0 Å². The summed E-state index contributed by atoms with van der Waals surface area (Å²) in [7, 11) is 1.90. The summed E-state index contributed by atoms with van der Waals surface area (Å²) in [6, 6.07) is 15.2. The third-order valence-electron chi connectivity index (χ3n) is 5.27. The highest BCUT2D eigenvalue weighted by atomic mass is 16.2. The molecule has 2 rings (SSSR count). The number of amides is 2. The number of quaternary nitrogens is 1. The highest BCUT2D eigenvalue weighted by Gasteiger charge is 2.33. The van der Waals surface area contributed by atoms with Gasteiger partial charge in [0.15, 0.2) is 12.6 Å². The van der Waals surface area contributed by atoms with E-state index >= 15 is 0 Å². The molecule has 5 nitrogen and oxygen atoms in total. The fourth-order valence-corrected chi connectivity index (χ4v) is 3.44. The van der Waals surface area contributed by atoms with Crippen molar-refractivity contribution in [1.29, 1.82) is 0 Å². The molecule has 0 aliphatic carbocycles. The first-order valence-electron chi connectivity index (χ1n) is 9.91. The van der Waals surface area contributed by atoms with Crippen LogP contribution in [0.15, 0.2) is 48.5 Å². The molecule has 0 saturated carbocycles. The van der Waals surface area contributed by atoms with Crippen LogP contribution in [0.25, 0.3) is 0 Å². The summed E-state index contributed by atoms with van der Waals surface area (Å²) in [5.41, 5.74) is 3.95. The van der Waals surface area contributed by atoms with Gasteiger partial charge in [0, 0.05) is 24.3 Å². The molecule has 150 valence electrons. The van der Waals surface area contributed by atoms with Crippen LogP contribution >= 0.6 is 0 Å². The van der Waals surface area contributed by atoms with Crippen molar-refractivity contribution in [2.24, 2.45) is 0 Å². The maximum Gasteiger partial charge on any atom is 0.285 e. The topological polar surface area (TPSA) is 53.9 Å². The Bertz CT molecular complexity index is 801. The maximum absolute atomic E-state index is 13.2. The fraction of sp³-hybridized carbons (Fsp3) is 0.391. The summed E-state index contributed by atoms with van der Waals surface area (Å²) in [5.74, 6) is -0.0484. The molecular formula is C23H32N3O2+. The van der Waals surface area contributed by atoms with E-state index in [1.807, 2.05) is 88.2 Å². The van der Waals surface area contributed by atoms with Crippen molar-refractivity contribution in [2.45, 2.75) is 33.7 Å². The minimum atomic E-state index is -0.412. The van der Waals surface area contributed by atoms with E-state index in [4.69, 9.17) is 0 Å². The Balaban J connectivity index is 2.20. The molecule has 1 unspecified atom stereocenters. The number of hydrogen-bond donors (Lipinski definition) is 2. The normalized spacial score (nSPS) is 12.9. The molecule has 0 spiro atoms. The molecule has 0 aromatic heterocycles. The van der Waals surface area contributed by atoms with Crippen LogP contribution < -0.4 is 10.2 Å². The zero-order valence-electron chi connectivity index (χ0n) is 17.6. The number of aryl methyl sites for hydroxylation is 1. The molecule has 2 atom stereocenters. The second-order valence-corrected chi connectivity index (χ2v) is 7.17. The molecule has 0 saturated heterocycles. The monoisotopic (exact) mass is 382 g/mol. The average Bonchev–Trinajstić information content (AvgIpc) is 2.67. The second kappa shape index (κ2) is 10.0. The lowest BCUT2D eigenvalue weighted by Gasteiger charge is -2.29. The summed E-state index contributed by atoms with van der Waals surface area (Å²) in [6.45, 7) is 9.49. The lowest BCUT2D eigenvalue weighted by Crippen LogP contribution is -3.11. The van der Waals surface area contributed by atoms with Gasteiger partial charge in [0.05, 0.1) is 7.05 Å². The minimum Gasteiger partial charge on any atom is -0.338 e. The van der Waals surface area contributed by atoms with E-state index in [0.717, 1.165) is 27.3 Å². The van der Waals surface area contributed by atoms with E-state index in [1.54, 1.807) is 0 Å². The Hall–Kier alpha value is -2.66. The number of nitrogens with zero attached hydrogens (tertiary/aromatic N) is 1. The molecule has 0 bridgehead atoms. The summed E-state index contributed by atoms with van der Waals surface area (Å²) in [5, 5.41) is 3.00. The number of carbonyl (C=O) groups is 2. The van der Waals surface area contributed by atoms with Crippen LogP contribution in [0.1, 0.15) is 36.6 Å². The van der Waals surface area contributed by atoms with Gasteiger partial charge in [-0.25, -0.2) is 0 Å². The van der Waals surface area contributed by atoms with Gasteiger partial charge in [0.2, 0.25) is 0 Å². The van der Waals surface area contributed by atoms with E-state index in [0.29, 0.717) is 13.1 Å². The van der Waals surface area contributed by atoms with Gasteiger partial charge in [-0.3, -0.25) is 9.59 Å². The number of carbonyl (C=O) groups excluding carboxylic acids is 2. The van der Waals surface area contributed by atoms with Crippen molar-refractivity contribution in [1.82, 2.24) is 4.90 Å². The Morgan fingerprint density at radius 3 is 2.25 bits per heavy atom. The summed E-state index contributed by atoms with van der Waals surface area (Å²) in [4.78, 5) is 28.5. The van der Waals surface area contributed by atoms with Gasteiger partial charge in [0.1, 0.15) is 0 Å². The maximum atomic E-state index is 13.2. The van der Waals surface area contributed by atoms with Crippen molar-refractivity contribution in [2.75, 3.05) is 32.0 Å². The molecular weight excluding hydrogens is 350 g/mol. The number of nitrogens with one attached hydrogen (secondary N) is 2. The standard InChI is InChI=1S/C23H31N3O2/c1-6-26(7-2)23(28)22(19-13-9-8-10-14-19)25(5)16-21(27)24-20-15-11-12-17(3)18(20)4/h8-15,22H,6-7,16H2,1-5H3,(H,24,27)/p+1/t22-/m0/s1. The highest BCUT2D eigenvalue weighted by Crippen LogP contribution is 2.18. The van der Waals surface area contributed by atoms with Crippen molar-refractivity contribution >= 4 is 17.5 Å². The van der Waals surface area contributed by atoms with Crippen LogP contribution in [-0.2, 0) is 9.59 Å². The van der Waals surface area contributed by atoms with Crippen molar-refractivity contribution in [3.63, 3.8) is 0 Å². The third kappa shape index (κ3) is 5.20. The van der Waals surface area contributed by atoms with Crippen LogP contribution in [0, 0.1) is 13.8 Å². The van der Waals surface area contributed by atoms with Crippen LogP contribution in [0.4, 0.5) is 5.69 Å². The zero-order valence-corrected chi connectivity index (χ0v) is 17.6. The van der Waals surface area contributed by atoms with Crippen molar-refractivity contribution in [3.8, 4) is 0 Å². The van der Waals surface area contributed by atoms with E-state index in [-0.39, 0.29) is 18.4 Å². The smallest absolute Gasteiger partial charge is 0.285 e. The largest absolute Gasteiger partial charge is 0.338 e. The minimum absolute atomic E-state index is 0.0493. The predicted molar refractivity (Wildman–Crippen MR) is 113 cm³/mol. The summed E-state index contributed by atoms with van der Waals surface area (Å²) < 4.78 is 0. The lowest BCUT2D eigenvalue weighted by atomic mass is 10.0. The molecule has 0 fully saturated rings. The number of benzene rings is 2. The molecule has 0 radical (unpaired) electrons. The number of anilines is 1. The molecule has 28 heavy (non-hydrogen) atoms. The Labute approximate surface area is 168 Å². The Morgan fingerprint density at radius 1 is 1.00 bits per heavy atom.